The second-order valence-electron chi connectivity index (χ2n) is 4.43. The van der Waals surface area contributed by atoms with E-state index in [4.69, 9.17) is 10.8 Å². The molecule has 5 nitrogen and oxygen atoms in total. The number of nitrogens with zero attached hydrogens (tertiary/aromatic N) is 1. The summed E-state index contributed by atoms with van der Waals surface area (Å²) in [5.74, 6) is -0.683. The van der Waals surface area contributed by atoms with E-state index in [0.29, 0.717) is 16.7 Å². The quantitative estimate of drug-likeness (QED) is 0.746. The number of hydrogen-bond donors (Lipinski definition) is 3. The van der Waals surface area contributed by atoms with Crippen molar-refractivity contribution in [3.63, 3.8) is 0 Å². The lowest BCUT2D eigenvalue weighted by Crippen LogP contribution is -2.05. The standard InChI is InChI=1S/C13H15N3O2S/c1-7(2)10-6-19-13(16-10)15-9-5-3-4-8(11(9)14)12(17)18/h3-7H,14H2,1-2H3,(H,15,16)(H,17,18). The van der Waals surface area contributed by atoms with E-state index >= 15 is 0 Å². The lowest BCUT2D eigenvalue weighted by molar-refractivity contribution is 0.0698. The molecule has 100 valence electrons. The number of carboxylic acid groups (broad SMARTS) is 1. The second kappa shape index (κ2) is 5.27. The minimum atomic E-state index is -1.04. The monoisotopic (exact) mass is 277 g/mol. The zero-order valence-electron chi connectivity index (χ0n) is 10.7. The summed E-state index contributed by atoms with van der Waals surface area (Å²) in [7, 11) is 0. The highest BCUT2D eigenvalue weighted by Crippen LogP contribution is 2.29. The maximum atomic E-state index is 11.0. The van der Waals surface area contributed by atoms with Crippen LogP contribution in [0.4, 0.5) is 16.5 Å². The van der Waals surface area contributed by atoms with Gasteiger partial charge >= 0.3 is 5.97 Å². The van der Waals surface area contributed by atoms with Gasteiger partial charge in [-0.05, 0) is 18.1 Å². The molecule has 1 heterocycles. The van der Waals surface area contributed by atoms with Gasteiger partial charge in [0.15, 0.2) is 5.13 Å². The first-order valence-corrected chi connectivity index (χ1v) is 6.71. The number of aromatic carboxylic acids is 1. The molecule has 0 saturated heterocycles. The van der Waals surface area contributed by atoms with Crippen LogP contribution in [0.2, 0.25) is 0 Å². The van der Waals surface area contributed by atoms with E-state index in [1.165, 1.54) is 17.4 Å². The number of aromatic nitrogens is 1. The molecule has 19 heavy (non-hydrogen) atoms. The number of carbonyl (C=O) groups is 1. The summed E-state index contributed by atoms with van der Waals surface area (Å²) in [4.78, 5) is 15.4. The summed E-state index contributed by atoms with van der Waals surface area (Å²) in [5.41, 5.74) is 7.70. The molecule has 4 N–H and O–H groups in total. The Balaban J connectivity index is 2.28. The van der Waals surface area contributed by atoms with Gasteiger partial charge in [-0.1, -0.05) is 19.9 Å². The van der Waals surface area contributed by atoms with Crippen LogP contribution in [-0.2, 0) is 0 Å². The Morgan fingerprint density at radius 3 is 2.79 bits per heavy atom. The lowest BCUT2D eigenvalue weighted by Gasteiger charge is -2.08. The van der Waals surface area contributed by atoms with Crippen molar-refractivity contribution in [2.75, 3.05) is 11.1 Å². The largest absolute Gasteiger partial charge is 0.478 e. The number of nitrogens with two attached hydrogens (primary N) is 1. The van der Waals surface area contributed by atoms with Gasteiger partial charge in [-0.15, -0.1) is 11.3 Å². The predicted octanol–water partition coefficient (Wildman–Crippen LogP) is 3.29. The van der Waals surface area contributed by atoms with E-state index < -0.39 is 5.97 Å². The molecule has 0 radical (unpaired) electrons. The maximum Gasteiger partial charge on any atom is 0.337 e. The Bertz CT molecular complexity index is 608. The molecule has 2 rings (SSSR count). The van der Waals surface area contributed by atoms with Gasteiger partial charge in [0, 0.05) is 5.38 Å². The fraction of sp³-hybridized carbons (Fsp3) is 0.231. The summed E-state index contributed by atoms with van der Waals surface area (Å²) in [6.45, 7) is 4.14. The first kappa shape index (κ1) is 13.4. The summed E-state index contributed by atoms with van der Waals surface area (Å²) < 4.78 is 0. The van der Waals surface area contributed by atoms with Gasteiger partial charge in [-0.2, -0.15) is 0 Å². The average Bonchev–Trinajstić information content (AvgIpc) is 2.80. The number of para-hydroxylation sites is 1. The molecule has 1 aromatic heterocycles. The fourth-order valence-corrected chi connectivity index (χ4v) is 2.47. The third-order valence-corrected chi connectivity index (χ3v) is 3.47. The highest BCUT2D eigenvalue weighted by atomic mass is 32.1. The SMILES string of the molecule is CC(C)c1csc(Nc2cccc(C(=O)O)c2N)n1. The van der Waals surface area contributed by atoms with Crippen molar-refractivity contribution >= 4 is 33.8 Å². The molecule has 2 aromatic rings. The molecule has 0 aliphatic carbocycles. The van der Waals surface area contributed by atoms with Crippen molar-refractivity contribution < 1.29 is 9.90 Å². The lowest BCUT2D eigenvalue weighted by atomic mass is 10.1. The van der Waals surface area contributed by atoms with Crippen LogP contribution < -0.4 is 11.1 Å². The summed E-state index contributed by atoms with van der Waals surface area (Å²) in [6, 6.07) is 4.86. The van der Waals surface area contributed by atoms with E-state index in [1.54, 1.807) is 12.1 Å². The fourth-order valence-electron chi connectivity index (χ4n) is 1.58. The molecule has 0 spiro atoms. The number of thiazole rings is 1. The molecule has 0 atom stereocenters. The number of hydrogen-bond acceptors (Lipinski definition) is 5. The van der Waals surface area contributed by atoms with Crippen LogP contribution >= 0.6 is 11.3 Å². The van der Waals surface area contributed by atoms with Crippen LogP contribution in [-0.4, -0.2) is 16.1 Å². The second-order valence-corrected chi connectivity index (χ2v) is 5.29. The first-order chi connectivity index (χ1) is 8.99. The van der Waals surface area contributed by atoms with Crippen LogP contribution in [0.1, 0.15) is 35.8 Å². The molecule has 0 amide bonds. The van der Waals surface area contributed by atoms with Crippen molar-refractivity contribution in [1.82, 2.24) is 4.98 Å². The molecule has 6 heteroatoms. The summed E-state index contributed by atoms with van der Waals surface area (Å²) >= 11 is 1.47. The van der Waals surface area contributed by atoms with Crippen molar-refractivity contribution in [1.29, 1.82) is 0 Å². The molecule has 0 aliphatic heterocycles. The molecular formula is C13H15N3O2S. The molecule has 0 bridgehead atoms. The normalized spacial score (nSPS) is 10.7. The van der Waals surface area contributed by atoms with Gasteiger partial charge in [-0.25, -0.2) is 9.78 Å². The topological polar surface area (TPSA) is 88.2 Å². The smallest absolute Gasteiger partial charge is 0.337 e. The van der Waals surface area contributed by atoms with E-state index in [2.05, 4.69) is 24.1 Å². The van der Waals surface area contributed by atoms with Crippen molar-refractivity contribution in [2.24, 2.45) is 0 Å². The van der Waals surface area contributed by atoms with Crippen LogP contribution in [0, 0.1) is 0 Å². The minimum absolute atomic E-state index is 0.0886. The van der Waals surface area contributed by atoms with E-state index in [9.17, 15) is 4.79 Å². The number of benzene rings is 1. The first-order valence-electron chi connectivity index (χ1n) is 5.83. The van der Waals surface area contributed by atoms with Gasteiger partial charge in [0.1, 0.15) is 0 Å². The Hall–Kier alpha value is -2.08. The number of carboxylic acids is 1. The molecule has 0 fully saturated rings. The van der Waals surface area contributed by atoms with Crippen LogP contribution in [0.5, 0.6) is 0 Å². The Kier molecular flexibility index (Phi) is 3.71. The van der Waals surface area contributed by atoms with Gasteiger partial charge in [0.2, 0.25) is 0 Å². The van der Waals surface area contributed by atoms with E-state index in [0.717, 1.165) is 5.69 Å². The van der Waals surface area contributed by atoms with Crippen molar-refractivity contribution in [3.05, 3.63) is 34.8 Å². The van der Waals surface area contributed by atoms with Crippen molar-refractivity contribution in [3.8, 4) is 0 Å². The van der Waals surface area contributed by atoms with Gasteiger partial charge < -0.3 is 16.2 Å². The van der Waals surface area contributed by atoms with Gasteiger partial charge in [-0.3, -0.25) is 0 Å². The number of nitrogens with one attached hydrogen (secondary N) is 1. The number of anilines is 3. The number of rotatable bonds is 4. The van der Waals surface area contributed by atoms with Gasteiger partial charge in [0.05, 0.1) is 22.6 Å². The number of nitrogen functional groups attached to an aromatic ring is 1. The van der Waals surface area contributed by atoms with Crippen molar-refractivity contribution in [2.45, 2.75) is 19.8 Å². The molecule has 0 saturated carbocycles. The Morgan fingerprint density at radius 1 is 1.47 bits per heavy atom. The van der Waals surface area contributed by atoms with Crippen LogP contribution in [0.25, 0.3) is 0 Å². The van der Waals surface area contributed by atoms with E-state index in [-0.39, 0.29) is 11.3 Å². The molecule has 0 aliphatic rings. The van der Waals surface area contributed by atoms with Crippen LogP contribution in [0.3, 0.4) is 0 Å². The molecule has 0 unspecified atom stereocenters. The highest BCUT2D eigenvalue weighted by molar-refractivity contribution is 7.13. The Labute approximate surface area is 115 Å². The predicted molar refractivity (Wildman–Crippen MR) is 77.3 cm³/mol. The summed E-state index contributed by atoms with van der Waals surface area (Å²) in [5, 5.41) is 14.8. The third-order valence-electron chi connectivity index (χ3n) is 2.69. The van der Waals surface area contributed by atoms with Crippen LogP contribution in [0.15, 0.2) is 23.6 Å². The average molecular weight is 277 g/mol. The summed E-state index contributed by atoms with van der Waals surface area (Å²) in [6.07, 6.45) is 0. The highest BCUT2D eigenvalue weighted by Gasteiger charge is 2.12. The minimum Gasteiger partial charge on any atom is -0.478 e. The molecule has 1 aromatic carbocycles. The zero-order valence-corrected chi connectivity index (χ0v) is 11.5. The third kappa shape index (κ3) is 2.85. The van der Waals surface area contributed by atoms with Gasteiger partial charge in [0.25, 0.3) is 0 Å². The molecular weight excluding hydrogens is 262 g/mol. The Morgan fingerprint density at radius 2 is 2.21 bits per heavy atom. The zero-order chi connectivity index (χ0) is 14.0. The maximum absolute atomic E-state index is 11.0. The van der Waals surface area contributed by atoms with E-state index in [1.807, 2.05) is 5.38 Å².